The Labute approximate surface area is 196 Å². The van der Waals surface area contributed by atoms with Crippen LogP contribution in [0.2, 0.25) is 5.02 Å². The molecule has 0 amide bonds. The lowest BCUT2D eigenvalue weighted by molar-refractivity contribution is -0.136. The number of halogens is 5. The van der Waals surface area contributed by atoms with Crippen molar-refractivity contribution in [3.05, 3.63) is 76.7 Å². The predicted octanol–water partition coefficient (Wildman–Crippen LogP) is 6.61. The third-order valence-electron chi connectivity index (χ3n) is 4.88. The smallest absolute Gasteiger partial charge is 0.418 e. The zero-order valence-corrected chi connectivity index (χ0v) is 19.2. The summed E-state index contributed by atoms with van der Waals surface area (Å²) in [7, 11) is -3.68. The largest absolute Gasteiger partial charge is 0.457 e. The second-order valence-corrected chi connectivity index (χ2v) is 9.89. The van der Waals surface area contributed by atoms with Gasteiger partial charge in [-0.15, -0.1) is 0 Å². The molecule has 4 rings (SSSR count). The Hall–Kier alpha value is -3.24. The summed E-state index contributed by atoms with van der Waals surface area (Å²) in [6, 6.07) is 11.1. The molecule has 0 unspecified atom stereocenters. The van der Waals surface area contributed by atoms with Gasteiger partial charge in [-0.3, -0.25) is 0 Å². The van der Waals surface area contributed by atoms with E-state index < -0.39 is 27.4 Å². The number of alkyl halides is 3. The van der Waals surface area contributed by atoms with Crippen LogP contribution in [0.25, 0.3) is 22.3 Å². The summed E-state index contributed by atoms with van der Waals surface area (Å²) in [5.41, 5.74) is -0.397. The number of hydrogen-bond acceptors (Lipinski definition) is 5. The van der Waals surface area contributed by atoms with E-state index in [1.165, 1.54) is 43.3 Å². The normalized spacial score (nSPS) is 12.2. The van der Waals surface area contributed by atoms with Crippen LogP contribution < -0.4 is 4.74 Å². The second kappa shape index (κ2) is 8.52. The zero-order chi connectivity index (χ0) is 24.8. The van der Waals surface area contributed by atoms with Crippen LogP contribution in [0.1, 0.15) is 11.3 Å². The molecule has 0 aliphatic carbocycles. The van der Waals surface area contributed by atoms with E-state index in [0.717, 1.165) is 24.5 Å². The number of hydrogen-bond donors (Lipinski definition) is 0. The van der Waals surface area contributed by atoms with Crippen molar-refractivity contribution < 1.29 is 30.7 Å². The van der Waals surface area contributed by atoms with Crippen molar-refractivity contribution in [2.24, 2.45) is 0 Å². The van der Waals surface area contributed by atoms with Crippen molar-refractivity contribution in [1.82, 2.24) is 9.97 Å². The molecule has 0 aliphatic rings. The fourth-order valence-electron chi connectivity index (χ4n) is 3.34. The lowest BCUT2D eigenvalue weighted by atomic mass is 10.1. The van der Waals surface area contributed by atoms with E-state index in [0.29, 0.717) is 5.56 Å². The van der Waals surface area contributed by atoms with Gasteiger partial charge in [0.1, 0.15) is 22.8 Å². The van der Waals surface area contributed by atoms with Crippen molar-refractivity contribution in [2.75, 3.05) is 6.26 Å². The van der Waals surface area contributed by atoms with Gasteiger partial charge in [0, 0.05) is 17.9 Å². The Bertz CT molecular complexity index is 1540. The molecular weight excluding hydrogens is 496 g/mol. The fourth-order valence-corrected chi connectivity index (χ4v) is 4.20. The molecule has 11 heteroatoms. The molecule has 5 nitrogen and oxygen atoms in total. The minimum Gasteiger partial charge on any atom is -0.457 e. The van der Waals surface area contributed by atoms with Gasteiger partial charge in [0.2, 0.25) is 0 Å². The first-order valence-corrected chi connectivity index (χ1v) is 11.9. The number of para-hydroxylation sites is 1. The molecule has 0 saturated carbocycles. The van der Waals surface area contributed by atoms with Crippen molar-refractivity contribution in [1.29, 1.82) is 0 Å². The molecule has 0 N–H and O–H groups in total. The first kappa shape index (κ1) is 23.9. The van der Waals surface area contributed by atoms with Crippen LogP contribution in [0.15, 0.2) is 59.5 Å². The number of sulfone groups is 1. The van der Waals surface area contributed by atoms with Crippen molar-refractivity contribution in [3.8, 4) is 22.8 Å². The first-order valence-electron chi connectivity index (χ1n) is 9.66. The highest BCUT2D eigenvalue weighted by Gasteiger charge is 2.33. The maximum atomic E-state index is 13.9. The van der Waals surface area contributed by atoms with Gasteiger partial charge >= 0.3 is 6.18 Å². The minimum absolute atomic E-state index is 0.0285. The second-order valence-electron chi connectivity index (χ2n) is 7.47. The van der Waals surface area contributed by atoms with E-state index in [2.05, 4.69) is 9.97 Å². The molecule has 0 fully saturated rings. The lowest BCUT2D eigenvalue weighted by Crippen LogP contribution is -2.08. The van der Waals surface area contributed by atoms with Gasteiger partial charge in [-0.1, -0.05) is 17.7 Å². The number of ether oxygens (including phenoxy) is 1. The van der Waals surface area contributed by atoms with Gasteiger partial charge in [-0.25, -0.2) is 22.8 Å². The minimum atomic E-state index is -4.59. The van der Waals surface area contributed by atoms with Crippen LogP contribution >= 0.6 is 11.6 Å². The third-order valence-corrected chi connectivity index (χ3v) is 6.30. The van der Waals surface area contributed by atoms with Crippen LogP contribution in [-0.2, 0) is 16.0 Å². The van der Waals surface area contributed by atoms with Crippen LogP contribution in [0.5, 0.6) is 11.5 Å². The molecule has 0 radical (unpaired) electrons. The summed E-state index contributed by atoms with van der Waals surface area (Å²) >= 11 is 6.33. The summed E-state index contributed by atoms with van der Waals surface area (Å²) < 4.78 is 83.2. The topological polar surface area (TPSA) is 69.2 Å². The lowest BCUT2D eigenvalue weighted by Gasteiger charge is -2.14. The van der Waals surface area contributed by atoms with Crippen LogP contribution in [-0.4, -0.2) is 24.6 Å². The van der Waals surface area contributed by atoms with Crippen LogP contribution in [0, 0.1) is 12.7 Å². The monoisotopic (exact) mass is 510 g/mol. The summed E-state index contributed by atoms with van der Waals surface area (Å²) in [6.45, 7) is 1.50. The number of benzene rings is 3. The Morgan fingerprint density at radius 1 is 0.971 bits per heavy atom. The number of rotatable bonds is 4. The molecule has 3 aromatic carbocycles. The summed E-state index contributed by atoms with van der Waals surface area (Å²) in [4.78, 5) is 8.22. The molecule has 1 aromatic heterocycles. The molecule has 1 heterocycles. The Morgan fingerprint density at radius 3 is 2.38 bits per heavy atom. The molecule has 4 aromatic rings. The van der Waals surface area contributed by atoms with E-state index in [9.17, 15) is 26.0 Å². The molecule has 34 heavy (non-hydrogen) atoms. The average Bonchev–Trinajstić information content (AvgIpc) is 2.72. The third kappa shape index (κ3) is 4.83. The molecule has 0 atom stereocenters. The number of nitrogens with zero attached hydrogens (tertiary/aromatic N) is 2. The van der Waals surface area contributed by atoms with Crippen molar-refractivity contribution in [3.63, 3.8) is 0 Å². The molecule has 0 aliphatic heterocycles. The molecule has 176 valence electrons. The SMILES string of the molecule is Cc1nc2c(C(F)(F)F)cccc2nc1-c1cc(Oc2cc(F)cc(S(C)(=O)=O)c2)ccc1Cl. The van der Waals surface area contributed by atoms with Crippen LogP contribution in [0.3, 0.4) is 0 Å². The van der Waals surface area contributed by atoms with Crippen molar-refractivity contribution >= 4 is 32.5 Å². The van der Waals surface area contributed by atoms with E-state index >= 15 is 0 Å². The highest BCUT2D eigenvalue weighted by Crippen LogP contribution is 2.37. The van der Waals surface area contributed by atoms with Gasteiger partial charge in [-0.2, -0.15) is 13.2 Å². The number of fused-ring (bicyclic) bond motifs is 1. The van der Waals surface area contributed by atoms with Gasteiger partial charge in [0.05, 0.1) is 32.4 Å². The van der Waals surface area contributed by atoms with E-state index in [-0.39, 0.29) is 43.8 Å². The van der Waals surface area contributed by atoms with E-state index in [4.69, 9.17) is 16.3 Å². The summed E-state index contributed by atoms with van der Waals surface area (Å²) in [6.07, 6.45) is -3.65. The average molecular weight is 511 g/mol. The van der Waals surface area contributed by atoms with Crippen molar-refractivity contribution in [2.45, 2.75) is 18.0 Å². The maximum Gasteiger partial charge on any atom is 0.418 e. The highest BCUT2D eigenvalue weighted by molar-refractivity contribution is 7.90. The maximum absolute atomic E-state index is 13.9. The van der Waals surface area contributed by atoms with Gasteiger partial charge in [0.15, 0.2) is 9.84 Å². The summed E-state index contributed by atoms with van der Waals surface area (Å²) in [5.74, 6) is -0.691. The van der Waals surface area contributed by atoms with Gasteiger partial charge in [0.25, 0.3) is 0 Å². The highest BCUT2D eigenvalue weighted by atomic mass is 35.5. The Kier molecular flexibility index (Phi) is 5.99. The zero-order valence-electron chi connectivity index (χ0n) is 17.6. The number of aromatic nitrogens is 2. The van der Waals surface area contributed by atoms with Gasteiger partial charge in [-0.05, 0) is 49.4 Å². The Balaban J connectivity index is 1.79. The van der Waals surface area contributed by atoms with Crippen LogP contribution in [0.4, 0.5) is 17.6 Å². The van der Waals surface area contributed by atoms with E-state index in [1.54, 1.807) is 0 Å². The molecule has 0 spiro atoms. The standard InChI is InChI=1S/C23H15ClF4N2O3S/c1-12-21(30-20-5-3-4-18(22(20)29-12)23(26,27)28)17-11-14(6-7-19(17)24)33-15-8-13(25)9-16(10-15)34(2,31)32/h3-11H,1-2H3. The molecule has 0 bridgehead atoms. The number of aryl methyl sites for hydroxylation is 1. The first-order chi connectivity index (χ1) is 15.8. The van der Waals surface area contributed by atoms with Gasteiger partial charge < -0.3 is 4.74 Å². The molecular formula is C23H15ClF4N2O3S. The summed E-state index contributed by atoms with van der Waals surface area (Å²) in [5, 5.41) is 0.229. The molecule has 0 saturated heterocycles. The van der Waals surface area contributed by atoms with E-state index in [1.807, 2.05) is 0 Å². The predicted molar refractivity (Wildman–Crippen MR) is 119 cm³/mol. The fraction of sp³-hybridized carbons (Fsp3) is 0.130. The Morgan fingerprint density at radius 2 is 1.71 bits per heavy atom. The quantitative estimate of drug-likeness (QED) is 0.289.